The molecule has 108 valence electrons. The Morgan fingerprint density at radius 3 is 2.79 bits per heavy atom. The first-order valence-electron chi connectivity index (χ1n) is 6.96. The topological polar surface area (TPSA) is 62.5 Å². The molecule has 1 heterocycles. The van der Waals surface area contributed by atoms with Crippen LogP contribution in [0, 0.1) is 5.41 Å². The van der Waals surface area contributed by atoms with Gasteiger partial charge in [-0.25, -0.2) is 4.79 Å². The maximum absolute atomic E-state index is 10.9. The molecular weight excluding hydrogens is 242 g/mol. The van der Waals surface area contributed by atoms with Crippen LogP contribution in [-0.2, 0) is 6.54 Å². The third-order valence-electron chi connectivity index (χ3n) is 3.32. The van der Waals surface area contributed by atoms with Gasteiger partial charge in [-0.3, -0.25) is 0 Å². The molecule has 19 heavy (non-hydrogen) atoms. The van der Waals surface area contributed by atoms with E-state index in [1.54, 1.807) is 0 Å². The summed E-state index contributed by atoms with van der Waals surface area (Å²) in [6.07, 6.45) is 6.35. The zero-order valence-electron chi connectivity index (χ0n) is 12.2. The highest BCUT2D eigenvalue weighted by atomic mass is 16.4. The Bertz CT molecular complexity index is 396. The second kappa shape index (κ2) is 7.34. The van der Waals surface area contributed by atoms with Crippen molar-refractivity contribution in [1.29, 1.82) is 0 Å². The first-order valence-corrected chi connectivity index (χ1v) is 6.96. The van der Waals surface area contributed by atoms with Gasteiger partial charge in [-0.05, 0) is 17.9 Å². The molecule has 0 aliphatic heterocycles. The maximum Gasteiger partial charge on any atom is 0.339 e. The summed E-state index contributed by atoms with van der Waals surface area (Å²) in [5.74, 6) is -0.440. The van der Waals surface area contributed by atoms with Crippen molar-refractivity contribution in [3.05, 3.63) is 23.7 Å². The minimum atomic E-state index is -0.937. The molecule has 0 bridgehead atoms. The molecule has 0 unspecified atom stereocenters. The summed E-state index contributed by atoms with van der Waals surface area (Å²) in [6, 6.07) is 1.49. The third kappa shape index (κ3) is 5.47. The molecule has 0 spiro atoms. The molecule has 2 N–H and O–H groups in total. The van der Waals surface area contributed by atoms with E-state index in [0.29, 0.717) is 12.3 Å². The Kier molecular flexibility index (Phi) is 6.09. The van der Waals surface area contributed by atoms with Crippen molar-refractivity contribution in [2.45, 2.75) is 53.0 Å². The molecule has 0 atom stereocenters. The van der Waals surface area contributed by atoms with Crippen molar-refractivity contribution < 1.29 is 14.3 Å². The van der Waals surface area contributed by atoms with E-state index >= 15 is 0 Å². The standard InChI is InChI=1S/C15H25NO3/c1-4-5-6-8-15(2,3)11-16-10-13-12(14(17)18)7-9-19-13/h7,9,16H,4-6,8,10-11H2,1-3H3,(H,17,18). The molecular formula is C15H25NO3. The number of carboxylic acid groups (broad SMARTS) is 1. The fraction of sp³-hybridized carbons (Fsp3) is 0.667. The van der Waals surface area contributed by atoms with Gasteiger partial charge in [0.1, 0.15) is 11.3 Å². The minimum absolute atomic E-state index is 0.227. The lowest BCUT2D eigenvalue weighted by molar-refractivity contribution is 0.0694. The van der Waals surface area contributed by atoms with Gasteiger partial charge in [-0.2, -0.15) is 0 Å². The van der Waals surface area contributed by atoms with Gasteiger partial charge in [0.2, 0.25) is 0 Å². The van der Waals surface area contributed by atoms with Crippen LogP contribution in [0.2, 0.25) is 0 Å². The third-order valence-corrected chi connectivity index (χ3v) is 3.32. The van der Waals surface area contributed by atoms with Crippen molar-refractivity contribution in [3.8, 4) is 0 Å². The molecule has 0 amide bonds. The SMILES string of the molecule is CCCCCC(C)(C)CNCc1occc1C(=O)O. The lowest BCUT2D eigenvalue weighted by Gasteiger charge is -2.24. The number of hydrogen-bond acceptors (Lipinski definition) is 3. The zero-order valence-corrected chi connectivity index (χ0v) is 12.2. The largest absolute Gasteiger partial charge is 0.478 e. The number of nitrogens with one attached hydrogen (secondary N) is 1. The summed E-state index contributed by atoms with van der Waals surface area (Å²) < 4.78 is 5.20. The van der Waals surface area contributed by atoms with Crippen LogP contribution in [0.5, 0.6) is 0 Å². The molecule has 0 aliphatic rings. The Hall–Kier alpha value is -1.29. The Morgan fingerprint density at radius 1 is 1.42 bits per heavy atom. The first-order chi connectivity index (χ1) is 8.96. The van der Waals surface area contributed by atoms with Crippen molar-refractivity contribution in [3.63, 3.8) is 0 Å². The van der Waals surface area contributed by atoms with Crippen LogP contribution < -0.4 is 5.32 Å². The summed E-state index contributed by atoms with van der Waals surface area (Å²) in [5.41, 5.74) is 0.474. The summed E-state index contributed by atoms with van der Waals surface area (Å²) in [7, 11) is 0. The van der Waals surface area contributed by atoms with Gasteiger partial charge in [-0.1, -0.05) is 40.0 Å². The maximum atomic E-state index is 10.9. The summed E-state index contributed by atoms with van der Waals surface area (Å²) >= 11 is 0. The van der Waals surface area contributed by atoms with E-state index in [9.17, 15) is 4.79 Å². The lowest BCUT2D eigenvalue weighted by atomic mass is 9.87. The minimum Gasteiger partial charge on any atom is -0.478 e. The molecule has 1 aromatic heterocycles. The predicted octanol–water partition coefficient (Wildman–Crippen LogP) is 3.67. The second-order valence-electron chi connectivity index (χ2n) is 5.79. The van der Waals surface area contributed by atoms with Crippen LogP contribution >= 0.6 is 0 Å². The highest BCUT2D eigenvalue weighted by molar-refractivity contribution is 5.88. The summed E-state index contributed by atoms with van der Waals surface area (Å²) in [4.78, 5) is 10.9. The smallest absolute Gasteiger partial charge is 0.339 e. The van der Waals surface area contributed by atoms with E-state index in [1.165, 1.54) is 38.0 Å². The quantitative estimate of drug-likeness (QED) is 0.670. The van der Waals surface area contributed by atoms with Gasteiger partial charge < -0.3 is 14.8 Å². The first kappa shape index (κ1) is 15.8. The van der Waals surface area contributed by atoms with E-state index in [0.717, 1.165) is 6.54 Å². The van der Waals surface area contributed by atoms with Gasteiger partial charge in [0, 0.05) is 6.54 Å². The average Bonchev–Trinajstić information content (AvgIpc) is 2.77. The van der Waals surface area contributed by atoms with Gasteiger partial charge in [0.15, 0.2) is 0 Å². The summed E-state index contributed by atoms with van der Waals surface area (Å²) in [5, 5.41) is 12.3. The molecule has 1 rings (SSSR count). The number of hydrogen-bond donors (Lipinski definition) is 2. The van der Waals surface area contributed by atoms with E-state index in [2.05, 4.69) is 26.1 Å². The fourth-order valence-corrected chi connectivity index (χ4v) is 2.12. The van der Waals surface area contributed by atoms with E-state index < -0.39 is 5.97 Å². The number of aromatic carboxylic acids is 1. The van der Waals surface area contributed by atoms with E-state index in [-0.39, 0.29) is 11.0 Å². The number of furan rings is 1. The summed E-state index contributed by atoms with van der Waals surface area (Å²) in [6.45, 7) is 7.99. The lowest BCUT2D eigenvalue weighted by Crippen LogP contribution is -2.29. The van der Waals surface area contributed by atoms with Gasteiger partial charge in [0.25, 0.3) is 0 Å². The molecule has 0 aliphatic carbocycles. The van der Waals surface area contributed by atoms with E-state index in [4.69, 9.17) is 9.52 Å². The predicted molar refractivity (Wildman–Crippen MR) is 75.3 cm³/mol. The van der Waals surface area contributed by atoms with Crippen LogP contribution in [-0.4, -0.2) is 17.6 Å². The normalized spacial score (nSPS) is 11.7. The molecule has 1 aromatic rings. The average molecular weight is 267 g/mol. The molecule has 0 aromatic carbocycles. The van der Waals surface area contributed by atoms with Gasteiger partial charge >= 0.3 is 5.97 Å². The molecule has 0 radical (unpaired) electrons. The molecule has 0 fully saturated rings. The number of unbranched alkanes of at least 4 members (excludes halogenated alkanes) is 2. The monoisotopic (exact) mass is 267 g/mol. The van der Waals surface area contributed by atoms with Crippen LogP contribution in [0.3, 0.4) is 0 Å². The Labute approximate surface area is 115 Å². The molecule has 0 saturated heterocycles. The van der Waals surface area contributed by atoms with Crippen LogP contribution in [0.25, 0.3) is 0 Å². The van der Waals surface area contributed by atoms with Crippen LogP contribution in [0.1, 0.15) is 62.6 Å². The number of carbonyl (C=O) groups is 1. The van der Waals surface area contributed by atoms with E-state index in [1.807, 2.05) is 0 Å². The van der Waals surface area contributed by atoms with Crippen molar-refractivity contribution >= 4 is 5.97 Å². The van der Waals surface area contributed by atoms with Crippen LogP contribution in [0.4, 0.5) is 0 Å². The number of carboxylic acids is 1. The highest BCUT2D eigenvalue weighted by Crippen LogP contribution is 2.23. The van der Waals surface area contributed by atoms with Gasteiger partial charge in [-0.15, -0.1) is 0 Å². The van der Waals surface area contributed by atoms with Crippen LogP contribution in [0.15, 0.2) is 16.7 Å². The number of rotatable bonds is 9. The van der Waals surface area contributed by atoms with Crippen molar-refractivity contribution in [2.24, 2.45) is 5.41 Å². The highest BCUT2D eigenvalue weighted by Gasteiger charge is 2.18. The van der Waals surface area contributed by atoms with Crippen molar-refractivity contribution in [1.82, 2.24) is 5.32 Å². The Morgan fingerprint density at radius 2 is 2.16 bits per heavy atom. The molecule has 4 nitrogen and oxygen atoms in total. The fourth-order valence-electron chi connectivity index (χ4n) is 2.12. The molecule has 4 heteroatoms. The van der Waals surface area contributed by atoms with Crippen molar-refractivity contribution in [2.75, 3.05) is 6.54 Å². The molecule has 0 saturated carbocycles. The zero-order chi connectivity index (χ0) is 14.3. The second-order valence-corrected chi connectivity index (χ2v) is 5.79. The van der Waals surface area contributed by atoms with Gasteiger partial charge in [0.05, 0.1) is 12.8 Å². The Balaban J connectivity index is 2.36.